The second-order valence-corrected chi connectivity index (χ2v) is 9.08. The Morgan fingerprint density at radius 3 is 2.65 bits per heavy atom. The number of nitrogens with one attached hydrogen (secondary N) is 3. The molecule has 5 N–H and O–H groups in total. The van der Waals surface area contributed by atoms with Crippen LogP contribution in [0.4, 0.5) is 21.6 Å². The lowest BCUT2D eigenvalue weighted by atomic mass is 10.0. The molecule has 2 unspecified atom stereocenters. The molecular formula is C24H29FN6O3. The fourth-order valence-electron chi connectivity index (χ4n) is 3.85. The molecule has 1 saturated carbocycles. The predicted octanol–water partition coefficient (Wildman–Crippen LogP) is 2.93. The summed E-state index contributed by atoms with van der Waals surface area (Å²) in [6.45, 7) is 2.35. The van der Waals surface area contributed by atoms with Crippen LogP contribution in [0.2, 0.25) is 0 Å². The van der Waals surface area contributed by atoms with Crippen LogP contribution in [0.5, 0.6) is 0 Å². The van der Waals surface area contributed by atoms with Crippen molar-refractivity contribution in [3.8, 4) is 0 Å². The van der Waals surface area contributed by atoms with Gasteiger partial charge >= 0.3 is 0 Å². The highest BCUT2D eigenvalue weighted by atomic mass is 19.1. The van der Waals surface area contributed by atoms with Crippen LogP contribution in [0.3, 0.4) is 0 Å². The summed E-state index contributed by atoms with van der Waals surface area (Å²) in [5.74, 6) is -0.0449. The van der Waals surface area contributed by atoms with Crippen molar-refractivity contribution in [1.29, 1.82) is 0 Å². The number of alkyl halides is 1. The van der Waals surface area contributed by atoms with Gasteiger partial charge in [0.1, 0.15) is 12.0 Å². The maximum Gasteiger partial charge on any atom is 0.255 e. The van der Waals surface area contributed by atoms with Crippen molar-refractivity contribution in [1.82, 2.24) is 20.3 Å². The molecule has 0 spiro atoms. The van der Waals surface area contributed by atoms with Crippen LogP contribution in [0, 0.1) is 0 Å². The zero-order chi connectivity index (χ0) is 24.3. The van der Waals surface area contributed by atoms with Gasteiger partial charge < -0.3 is 26.2 Å². The number of aliphatic hydroxyl groups excluding tert-OH is 1. The third-order valence-corrected chi connectivity index (χ3v) is 5.92. The van der Waals surface area contributed by atoms with Gasteiger partial charge in [-0.1, -0.05) is 0 Å². The fourth-order valence-corrected chi connectivity index (χ4v) is 3.85. The highest BCUT2D eigenvalue weighted by Crippen LogP contribution is 2.28. The van der Waals surface area contributed by atoms with Crippen molar-refractivity contribution in [3.63, 3.8) is 0 Å². The van der Waals surface area contributed by atoms with Gasteiger partial charge in [0.05, 0.1) is 46.6 Å². The summed E-state index contributed by atoms with van der Waals surface area (Å²) in [7, 11) is 0. The Kier molecular flexibility index (Phi) is 6.90. The minimum atomic E-state index is -1.63. The summed E-state index contributed by atoms with van der Waals surface area (Å²) in [4.78, 5) is 25.7. The number of aliphatic hydroxyl groups is 2. The van der Waals surface area contributed by atoms with Crippen LogP contribution in [-0.4, -0.2) is 61.5 Å². The number of carbonyl (C=O) groups excluding carboxylic acids is 1. The molecule has 1 fully saturated rings. The Morgan fingerprint density at radius 1 is 1.18 bits per heavy atom. The molecule has 2 heterocycles. The topological polar surface area (TPSA) is 132 Å². The van der Waals surface area contributed by atoms with E-state index in [0.717, 1.165) is 29.6 Å². The molecule has 1 aromatic carbocycles. The number of aromatic nitrogens is 3. The summed E-state index contributed by atoms with van der Waals surface area (Å²) < 4.78 is 14.1. The van der Waals surface area contributed by atoms with E-state index in [9.17, 15) is 19.4 Å². The largest absolute Gasteiger partial charge is 0.391 e. The number of rotatable bonds is 8. The Balaban J connectivity index is 1.57. The molecular weight excluding hydrogens is 439 g/mol. The van der Waals surface area contributed by atoms with Crippen LogP contribution < -0.4 is 16.0 Å². The first kappa shape index (κ1) is 23.8. The number of nitrogens with zero attached hydrogens (tertiary/aromatic N) is 3. The van der Waals surface area contributed by atoms with E-state index in [1.165, 1.54) is 20.0 Å². The molecule has 9 nitrogen and oxygen atoms in total. The molecule has 3 atom stereocenters. The van der Waals surface area contributed by atoms with E-state index in [1.54, 1.807) is 18.5 Å². The van der Waals surface area contributed by atoms with Gasteiger partial charge in [0.25, 0.3) is 5.91 Å². The molecule has 0 aliphatic heterocycles. The summed E-state index contributed by atoms with van der Waals surface area (Å²) >= 11 is 0. The molecule has 2 aromatic heterocycles. The van der Waals surface area contributed by atoms with Crippen molar-refractivity contribution in [2.24, 2.45) is 0 Å². The molecule has 34 heavy (non-hydrogen) atoms. The minimum Gasteiger partial charge on any atom is -0.391 e. The first-order valence-corrected chi connectivity index (χ1v) is 11.3. The van der Waals surface area contributed by atoms with Crippen molar-refractivity contribution >= 4 is 34.1 Å². The van der Waals surface area contributed by atoms with E-state index >= 15 is 0 Å². The summed E-state index contributed by atoms with van der Waals surface area (Å²) in [6.07, 6.45) is 4.82. The molecule has 1 aliphatic carbocycles. The SMILES string of the molecule is CC(C)(O)[C@H](F)CNC(=O)c1cnc(Nc2ccc3nccnc3c2)cc1NC1CCCC1O. The van der Waals surface area contributed by atoms with E-state index in [1.807, 2.05) is 18.2 Å². The lowest BCUT2D eigenvalue weighted by Gasteiger charge is -2.23. The highest BCUT2D eigenvalue weighted by Gasteiger charge is 2.29. The van der Waals surface area contributed by atoms with E-state index in [0.29, 0.717) is 17.9 Å². The number of anilines is 3. The zero-order valence-electron chi connectivity index (χ0n) is 19.1. The zero-order valence-corrected chi connectivity index (χ0v) is 19.1. The monoisotopic (exact) mass is 468 g/mol. The van der Waals surface area contributed by atoms with Crippen LogP contribution in [0.1, 0.15) is 43.5 Å². The van der Waals surface area contributed by atoms with Gasteiger partial charge in [-0.15, -0.1) is 0 Å². The van der Waals surface area contributed by atoms with Crippen molar-refractivity contribution in [2.45, 2.75) is 57.0 Å². The molecule has 0 radical (unpaired) electrons. The van der Waals surface area contributed by atoms with Gasteiger partial charge in [-0.3, -0.25) is 14.8 Å². The summed E-state index contributed by atoms with van der Waals surface area (Å²) in [5, 5.41) is 29.0. The number of benzene rings is 1. The number of fused-ring (bicyclic) bond motifs is 1. The molecule has 10 heteroatoms. The van der Waals surface area contributed by atoms with Crippen LogP contribution >= 0.6 is 0 Å². The number of amides is 1. The third-order valence-electron chi connectivity index (χ3n) is 5.92. The molecule has 0 bridgehead atoms. The molecule has 4 rings (SSSR count). The normalized spacial score (nSPS) is 19.1. The number of halogens is 1. The maximum absolute atomic E-state index is 14.1. The first-order valence-electron chi connectivity index (χ1n) is 11.3. The molecule has 1 aliphatic rings. The van der Waals surface area contributed by atoms with Gasteiger partial charge in [0.2, 0.25) is 0 Å². The second kappa shape index (κ2) is 9.86. The van der Waals surface area contributed by atoms with Crippen LogP contribution in [0.25, 0.3) is 11.0 Å². The fraction of sp³-hybridized carbons (Fsp3) is 0.417. The van der Waals surface area contributed by atoms with E-state index < -0.39 is 23.8 Å². The summed E-state index contributed by atoms with van der Waals surface area (Å²) in [6, 6.07) is 7.02. The quantitative estimate of drug-likeness (QED) is 0.341. The van der Waals surface area contributed by atoms with E-state index in [4.69, 9.17) is 0 Å². The Hall–Kier alpha value is -3.37. The third kappa shape index (κ3) is 5.57. The Morgan fingerprint density at radius 2 is 1.94 bits per heavy atom. The predicted molar refractivity (Wildman–Crippen MR) is 128 cm³/mol. The van der Waals surface area contributed by atoms with Crippen molar-refractivity contribution in [3.05, 3.63) is 48.4 Å². The Bertz CT molecular complexity index is 1170. The van der Waals surface area contributed by atoms with Crippen molar-refractivity contribution < 1.29 is 19.4 Å². The van der Waals surface area contributed by atoms with Gasteiger partial charge in [-0.25, -0.2) is 9.37 Å². The van der Waals surface area contributed by atoms with Gasteiger partial charge in [-0.2, -0.15) is 0 Å². The van der Waals surface area contributed by atoms with E-state index in [-0.39, 0.29) is 18.2 Å². The van der Waals surface area contributed by atoms with E-state index in [2.05, 4.69) is 30.9 Å². The maximum atomic E-state index is 14.1. The molecule has 0 saturated heterocycles. The number of carbonyl (C=O) groups is 1. The Labute approximate surface area is 196 Å². The number of pyridine rings is 1. The minimum absolute atomic E-state index is 0.206. The average molecular weight is 469 g/mol. The molecule has 3 aromatic rings. The molecule has 180 valence electrons. The molecule has 1 amide bonds. The lowest BCUT2D eigenvalue weighted by molar-refractivity contribution is -0.00177. The van der Waals surface area contributed by atoms with Crippen molar-refractivity contribution in [2.75, 3.05) is 17.2 Å². The second-order valence-electron chi connectivity index (χ2n) is 9.08. The number of hydrogen-bond donors (Lipinski definition) is 5. The van der Waals surface area contributed by atoms with Gasteiger partial charge in [0.15, 0.2) is 0 Å². The van der Waals surface area contributed by atoms with Crippen LogP contribution in [0.15, 0.2) is 42.9 Å². The summed E-state index contributed by atoms with van der Waals surface area (Å²) in [5.41, 5.74) is 1.36. The first-order chi connectivity index (χ1) is 16.2. The number of hydrogen-bond acceptors (Lipinski definition) is 8. The average Bonchev–Trinajstić information content (AvgIpc) is 3.21. The lowest BCUT2D eigenvalue weighted by Crippen LogP contribution is -2.42. The smallest absolute Gasteiger partial charge is 0.255 e. The van der Waals surface area contributed by atoms with Crippen LogP contribution in [-0.2, 0) is 0 Å². The standard InChI is InChI=1S/C24H29FN6O3/c1-24(2,34)21(25)13-29-23(33)15-12-28-22(11-18(15)31-17-4-3-5-20(17)32)30-14-6-7-16-19(10-14)27-9-8-26-16/h6-12,17,20-21,32,34H,3-5,13H2,1-2H3,(H,29,33)(H2,28,30,31)/t17?,20?,21-/m1/s1. The van der Waals surface area contributed by atoms with Gasteiger partial charge in [-0.05, 0) is 51.3 Å². The van der Waals surface area contributed by atoms with Gasteiger partial charge in [0, 0.05) is 30.3 Å². The highest BCUT2D eigenvalue weighted by molar-refractivity contribution is 6.00.